The minimum atomic E-state index is -2.12. The van der Waals surface area contributed by atoms with E-state index in [0.717, 1.165) is 0 Å². The van der Waals surface area contributed by atoms with E-state index in [-0.39, 0.29) is 10.9 Å². The fraction of sp³-hybridized carbons (Fsp3) is 0.292. The highest BCUT2D eigenvalue weighted by Gasteiger charge is 2.80. The molecule has 2 aromatic carbocycles. The minimum Gasteiger partial charge on any atom is -0.443 e. The summed E-state index contributed by atoms with van der Waals surface area (Å²) in [5.41, 5.74) is -2.88. The van der Waals surface area contributed by atoms with E-state index in [4.69, 9.17) is 38.1 Å². The predicted molar refractivity (Wildman–Crippen MR) is 122 cm³/mol. The molecule has 2 heterocycles. The summed E-state index contributed by atoms with van der Waals surface area (Å²) in [5, 5.41) is 42.7. The Hall–Kier alpha value is -3.61. The van der Waals surface area contributed by atoms with Gasteiger partial charge in [0.25, 0.3) is 0 Å². The van der Waals surface area contributed by atoms with Crippen molar-refractivity contribution in [3.8, 4) is 18.2 Å². The molecule has 0 spiro atoms. The molecular weight excluding hydrogens is 477 g/mol. The lowest BCUT2D eigenvalue weighted by Gasteiger charge is -2.49. The molecule has 4 rings (SSSR count). The van der Waals surface area contributed by atoms with Gasteiger partial charge in [0.1, 0.15) is 6.10 Å². The smallest absolute Gasteiger partial charge is 0.245 e. The number of halogens is 2. The Labute approximate surface area is 205 Å². The van der Waals surface area contributed by atoms with Crippen LogP contribution in [0.5, 0.6) is 0 Å². The van der Waals surface area contributed by atoms with Crippen molar-refractivity contribution in [2.45, 2.75) is 25.7 Å². The average molecular weight is 494 g/mol. The number of nitriles is 3. The topological polar surface area (TPSA) is 143 Å². The number of hydrogen-bond donors (Lipinski definition) is 2. The van der Waals surface area contributed by atoms with Gasteiger partial charge >= 0.3 is 0 Å². The van der Waals surface area contributed by atoms with Gasteiger partial charge in [-0.05, 0) is 35.9 Å². The van der Waals surface area contributed by atoms with Gasteiger partial charge < -0.3 is 14.8 Å². The highest BCUT2D eigenvalue weighted by atomic mass is 35.5. The van der Waals surface area contributed by atoms with Gasteiger partial charge in [-0.15, -0.1) is 0 Å². The van der Waals surface area contributed by atoms with Crippen LogP contribution in [0, 0.1) is 56.2 Å². The number of nitrogens with one attached hydrogen (secondary N) is 2. The molecule has 2 fully saturated rings. The van der Waals surface area contributed by atoms with E-state index in [1.54, 1.807) is 43.3 Å². The van der Waals surface area contributed by atoms with Gasteiger partial charge in [0.2, 0.25) is 23.0 Å². The molecule has 0 aliphatic carbocycles. The SMILES string of the molecule is CC(=O)Nc1ccc(C2OC3(c4ccc(Cl)cc4Cl)OC(=N)C(C#N)(C3C)C2(C#N)C#N)cc1. The van der Waals surface area contributed by atoms with Crippen LogP contribution in [0.4, 0.5) is 5.69 Å². The van der Waals surface area contributed by atoms with Crippen molar-refractivity contribution in [3.63, 3.8) is 0 Å². The van der Waals surface area contributed by atoms with Gasteiger partial charge in [0.05, 0.1) is 29.1 Å². The molecule has 1 amide bonds. The Morgan fingerprint density at radius 3 is 2.26 bits per heavy atom. The maximum atomic E-state index is 11.4. The second kappa shape index (κ2) is 8.01. The first-order chi connectivity index (χ1) is 16.1. The van der Waals surface area contributed by atoms with Gasteiger partial charge in [0.15, 0.2) is 5.41 Å². The van der Waals surface area contributed by atoms with Crippen LogP contribution in [0.3, 0.4) is 0 Å². The van der Waals surface area contributed by atoms with Crippen LogP contribution in [-0.2, 0) is 20.1 Å². The molecule has 2 saturated heterocycles. The van der Waals surface area contributed by atoms with Crippen LogP contribution in [0.2, 0.25) is 10.0 Å². The lowest BCUT2D eigenvalue weighted by Crippen LogP contribution is -2.57. The van der Waals surface area contributed by atoms with Crippen molar-refractivity contribution in [1.82, 2.24) is 0 Å². The molecule has 0 aromatic heterocycles. The van der Waals surface area contributed by atoms with Crippen molar-refractivity contribution < 1.29 is 14.3 Å². The molecule has 170 valence electrons. The van der Waals surface area contributed by atoms with Crippen molar-refractivity contribution in [2.24, 2.45) is 16.7 Å². The van der Waals surface area contributed by atoms with Crippen LogP contribution in [-0.4, -0.2) is 11.8 Å². The first-order valence-corrected chi connectivity index (χ1v) is 10.9. The summed E-state index contributed by atoms with van der Waals surface area (Å²) >= 11 is 12.5. The summed E-state index contributed by atoms with van der Waals surface area (Å²) in [6, 6.07) is 17.0. The standard InChI is InChI=1S/C24H17Cl2N5O3/c1-13-23(12-29)21(30)34-24(13,18-8-5-16(25)9-19(18)26)33-20(22(23,10-27)11-28)15-3-6-17(7-4-15)31-14(2)32/h3-9,13,20,30H,1-2H3,(H,31,32). The largest absolute Gasteiger partial charge is 0.443 e. The number of carbonyl (C=O) groups is 1. The monoisotopic (exact) mass is 493 g/mol. The maximum Gasteiger partial charge on any atom is 0.245 e. The van der Waals surface area contributed by atoms with Crippen molar-refractivity contribution in [1.29, 1.82) is 21.2 Å². The van der Waals surface area contributed by atoms with Crippen molar-refractivity contribution in [3.05, 3.63) is 63.6 Å². The fourth-order valence-corrected chi connectivity index (χ4v) is 5.40. The van der Waals surface area contributed by atoms with E-state index in [9.17, 15) is 20.6 Å². The molecule has 0 radical (unpaired) electrons. The Balaban J connectivity index is 1.98. The van der Waals surface area contributed by atoms with Gasteiger partial charge in [0, 0.05) is 23.2 Å². The lowest BCUT2D eigenvalue weighted by molar-refractivity contribution is -0.288. The maximum absolute atomic E-state index is 11.4. The van der Waals surface area contributed by atoms with E-state index >= 15 is 0 Å². The second-order valence-corrected chi connectivity index (χ2v) is 9.04. The van der Waals surface area contributed by atoms with Gasteiger partial charge in [-0.2, -0.15) is 15.8 Å². The molecule has 2 aromatic rings. The summed E-state index contributed by atoms with van der Waals surface area (Å²) in [6.07, 6.45) is -1.29. The number of anilines is 1. The Morgan fingerprint density at radius 2 is 1.74 bits per heavy atom. The number of hydrogen-bond acceptors (Lipinski definition) is 7. The fourth-order valence-electron chi connectivity index (χ4n) is 4.86. The first kappa shape index (κ1) is 23.5. The van der Waals surface area contributed by atoms with Gasteiger partial charge in [-0.25, -0.2) is 0 Å². The van der Waals surface area contributed by atoms with Crippen LogP contribution < -0.4 is 5.32 Å². The molecule has 10 heteroatoms. The summed E-state index contributed by atoms with van der Waals surface area (Å²) in [4.78, 5) is 11.4. The van der Waals surface area contributed by atoms with Crippen LogP contribution in [0.25, 0.3) is 0 Å². The molecule has 8 nitrogen and oxygen atoms in total. The third kappa shape index (κ3) is 2.92. The zero-order valence-electron chi connectivity index (χ0n) is 18.0. The van der Waals surface area contributed by atoms with Gasteiger partial charge in [-0.1, -0.05) is 42.3 Å². The third-order valence-electron chi connectivity index (χ3n) is 6.51. The Morgan fingerprint density at radius 1 is 1.09 bits per heavy atom. The third-order valence-corrected chi connectivity index (χ3v) is 7.06. The highest BCUT2D eigenvalue weighted by molar-refractivity contribution is 6.35. The Bertz CT molecular complexity index is 1330. The van der Waals surface area contributed by atoms with Crippen molar-refractivity contribution in [2.75, 3.05) is 5.32 Å². The van der Waals surface area contributed by atoms with Gasteiger partial charge in [-0.3, -0.25) is 10.2 Å². The zero-order chi connectivity index (χ0) is 24.9. The quantitative estimate of drug-likeness (QED) is 0.610. The summed E-state index contributed by atoms with van der Waals surface area (Å²) in [7, 11) is 0. The average Bonchev–Trinajstić information content (AvgIpc) is 2.95. The molecule has 34 heavy (non-hydrogen) atoms. The molecule has 4 atom stereocenters. The molecule has 2 N–H and O–H groups in total. The van der Waals surface area contributed by atoms with E-state index < -0.39 is 34.5 Å². The van der Waals surface area contributed by atoms with Crippen LogP contribution in [0.1, 0.15) is 31.1 Å². The number of benzene rings is 2. The number of nitrogens with zero attached hydrogens (tertiary/aromatic N) is 3. The number of fused-ring (bicyclic) bond motifs is 2. The molecule has 2 aliphatic rings. The van der Waals surface area contributed by atoms with Crippen LogP contribution in [0.15, 0.2) is 42.5 Å². The minimum absolute atomic E-state index is 0.182. The first-order valence-electron chi connectivity index (χ1n) is 10.1. The van der Waals surface area contributed by atoms with E-state index in [2.05, 4.69) is 11.4 Å². The number of amides is 1. The lowest BCUT2D eigenvalue weighted by atomic mass is 9.53. The molecule has 0 saturated carbocycles. The number of carbonyl (C=O) groups excluding carboxylic acids is 1. The molecule has 4 unspecified atom stereocenters. The molecule has 2 bridgehead atoms. The highest BCUT2D eigenvalue weighted by Crippen LogP contribution is 2.69. The van der Waals surface area contributed by atoms with E-state index in [0.29, 0.717) is 21.8 Å². The van der Waals surface area contributed by atoms with E-state index in [1.165, 1.54) is 13.0 Å². The zero-order valence-corrected chi connectivity index (χ0v) is 19.5. The predicted octanol–water partition coefficient (Wildman–Crippen LogP) is 5.06. The molecular formula is C24H17Cl2N5O3. The molecule has 2 aliphatic heterocycles. The number of ether oxygens (including phenoxy) is 2. The van der Waals surface area contributed by atoms with E-state index in [1.807, 2.05) is 12.1 Å². The second-order valence-electron chi connectivity index (χ2n) is 8.20. The summed E-state index contributed by atoms with van der Waals surface area (Å²) < 4.78 is 12.3. The number of rotatable bonds is 3. The summed E-state index contributed by atoms with van der Waals surface area (Å²) in [6.45, 7) is 2.96. The van der Waals surface area contributed by atoms with Crippen molar-refractivity contribution >= 4 is 40.7 Å². The summed E-state index contributed by atoms with van der Waals surface area (Å²) in [5.74, 6) is -3.50. The normalized spacial score (nSPS) is 28.7. The van der Waals surface area contributed by atoms with Crippen LogP contribution >= 0.6 is 23.2 Å². The Kier molecular flexibility index (Phi) is 5.55.